The molecule has 0 radical (unpaired) electrons. The van der Waals surface area contributed by atoms with Crippen molar-refractivity contribution in [1.29, 1.82) is 0 Å². The van der Waals surface area contributed by atoms with E-state index in [2.05, 4.69) is 9.98 Å². The predicted octanol–water partition coefficient (Wildman–Crippen LogP) is 3.25. The van der Waals surface area contributed by atoms with Crippen molar-refractivity contribution in [2.24, 2.45) is 10.7 Å². The van der Waals surface area contributed by atoms with E-state index in [1.165, 1.54) is 17.9 Å². The molecule has 1 aliphatic heterocycles. The number of guanidine groups is 1. The Balaban J connectivity index is 2.13. The van der Waals surface area contributed by atoms with Crippen LogP contribution in [0.5, 0.6) is 0 Å². The highest BCUT2D eigenvalue weighted by Gasteiger charge is 2.49. The number of anilines is 1. The van der Waals surface area contributed by atoms with E-state index in [0.717, 1.165) is 16.2 Å². The average molecular weight is 324 g/mol. The van der Waals surface area contributed by atoms with E-state index in [0.29, 0.717) is 10.6 Å². The number of benzene rings is 1. The van der Waals surface area contributed by atoms with Crippen molar-refractivity contribution in [3.63, 3.8) is 0 Å². The number of halogens is 3. The van der Waals surface area contributed by atoms with Crippen LogP contribution in [0.2, 0.25) is 0 Å². The maximum absolute atomic E-state index is 13.7. The number of aliphatic imine (C=N–C) groups is 1. The zero-order valence-electron chi connectivity index (χ0n) is 11.2. The summed E-state index contributed by atoms with van der Waals surface area (Å²) in [6.45, 7) is 0. The molecule has 0 saturated heterocycles. The molecule has 1 aromatic carbocycles. The second-order valence-electron chi connectivity index (χ2n) is 4.59. The number of thiazole rings is 1. The third kappa shape index (κ3) is 2.57. The summed E-state index contributed by atoms with van der Waals surface area (Å²) in [4.78, 5) is 8.72. The van der Waals surface area contributed by atoms with Gasteiger partial charge in [0.2, 0.25) is 5.96 Å². The van der Waals surface area contributed by atoms with E-state index in [-0.39, 0.29) is 11.5 Å². The van der Waals surface area contributed by atoms with Crippen LogP contribution in [0.15, 0.2) is 53.2 Å². The number of nitrogens with zero attached hydrogens (tertiary/aromatic N) is 3. The molecule has 1 aromatic heterocycles. The molecule has 0 fully saturated rings. The maximum atomic E-state index is 13.7. The Kier molecular flexibility index (Phi) is 3.61. The molecule has 0 bridgehead atoms. The lowest BCUT2D eigenvalue weighted by molar-refractivity contribution is -0.133. The molecular weight excluding hydrogens is 313 g/mol. The zero-order valence-corrected chi connectivity index (χ0v) is 12.0. The predicted molar refractivity (Wildman–Crippen MR) is 80.5 cm³/mol. The molecule has 1 unspecified atom stereocenters. The minimum atomic E-state index is -4.51. The third-order valence-electron chi connectivity index (χ3n) is 3.21. The van der Waals surface area contributed by atoms with Gasteiger partial charge in [-0.15, -0.1) is 11.3 Å². The summed E-state index contributed by atoms with van der Waals surface area (Å²) in [6, 6.07) is 6.45. The van der Waals surface area contributed by atoms with Crippen molar-refractivity contribution in [3.8, 4) is 0 Å². The summed E-state index contributed by atoms with van der Waals surface area (Å²) in [6.07, 6.45) is -1.98. The lowest BCUT2D eigenvalue weighted by atomic mass is 9.97. The van der Waals surface area contributed by atoms with Gasteiger partial charge in [-0.25, -0.2) is 4.99 Å². The van der Waals surface area contributed by atoms with Crippen molar-refractivity contribution >= 4 is 27.9 Å². The molecule has 2 heterocycles. The van der Waals surface area contributed by atoms with Crippen LogP contribution in [-0.2, 0) is 0 Å². The summed E-state index contributed by atoms with van der Waals surface area (Å²) in [5, 5.41) is 0.296. The molecule has 2 aromatic rings. The molecular formula is C14H11F3N4S. The van der Waals surface area contributed by atoms with Gasteiger partial charge in [0.15, 0.2) is 6.04 Å². The van der Waals surface area contributed by atoms with Crippen molar-refractivity contribution in [2.45, 2.75) is 12.2 Å². The van der Waals surface area contributed by atoms with E-state index in [1.54, 1.807) is 30.3 Å². The van der Waals surface area contributed by atoms with Crippen molar-refractivity contribution < 1.29 is 13.2 Å². The highest BCUT2D eigenvalue weighted by molar-refractivity contribution is 7.14. The van der Waals surface area contributed by atoms with Gasteiger partial charge in [-0.2, -0.15) is 13.2 Å². The fourth-order valence-electron chi connectivity index (χ4n) is 2.29. The van der Waals surface area contributed by atoms with Gasteiger partial charge in [0.25, 0.3) is 0 Å². The van der Waals surface area contributed by atoms with E-state index in [1.807, 2.05) is 0 Å². The van der Waals surface area contributed by atoms with E-state index in [9.17, 15) is 13.2 Å². The molecule has 0 amide bonds. The van der Waals surface area contributed by atoms with Crippen LogP contribution in [0, 0.1) is 0 Å². The van der Waals surface area contributed by atoms with Gasteiger partial charge in [0.05, 0.1) is 11.7 Å². The first-order chi connectivity index (χ1) is 10.5. The van der Waals surface area contributed by atoms with Gasteiger partial charge in [0.1, 0.15) is 5.00 Å². The first-order valence-electron chi connectivity index (χ1n) is 6.31. The van der Waals surface area contributed by atoms with Crippen molar-refractivity contribution in [2.75, 3.05) is 4.90 Å². The van der Waals surface area contributed by atoms with Crippen LogP contribution in [0.1, 0.15) is 5.56 Å². The Morgan fingerprint density at radius 2 is 1.91 bits per heavy atom. The summed E-state index contributed by atoms with van der Waals surface area (Å²) in [7, 11) is 0. The Morgan fingerprint density at radius 1 is 1.18 bits per heavy atom. The van der Waals surface area contributed by atoms with Crippen LogP contribution < -0.4 is 10.6 Å². The number of hydrogen-bond acceptors (Lipinski definition) is 5. The van der Waals surface area contributed by atoms with Crippen molar-refractivity contribution in [3.05, 3.63) is 53.8 Å². The molecule has 2 N–H and O–H groups in total. The average Bonchev–Trinajstić information content (AvgIpc) is 3.00. The van der Waals surface area contributed by atoms with Crippen LogP contribution in [0.3, 0.4) is 0 Å². The molecule has 1 atom stereocenters. The van der Waals surface area contributed by atoms with Gasteiger partial charge in [0, 0.05) is 11.8 Å². The Morgan fingerprint density at radius 3 is 2.50 bits per heavy atom. The molecule has 22 heavy (non-hydrogen) atoms. The third-order valence-corrected chi connectivity index (χ3v) is 3.98. The van der Waals surface area contributed by atoms with Gasteiger partial charge in [-0.05, 0) is 5.56 Å². The lowest BCUT2D eigenvalue weighted by Crippen LogP contribution is -2.53. The van der Waals surface area contributed by atoms with E-state index >= 15 is 0 Å². The maximum Gasteiger partial charge on any atom is 0.413 e. The number of alkyl halides is 3. The van der Waals surface area contributed by atoms with Crippen LogP contribution in [0.25, 0.3) is 5.57 Å². The highest BCUT2D eigenvalue weighted by atomic mass is 32.1. The van der Waals surface area contributed by atoms with Crippen LogP contribution in [-0.4, -0.2) is 23.2 Å². The number of rotatable bonds is 2. The summed E-state index contributed by atoms with van der Waals surface area (Å²) >= 11 is 1.08. The fraction of sp³-hybridized carbons (Fsp3) is 0.143. The number of hydrogen-bond donors (Lipinski definition) is 1. The van der Waals surface area contributed by atoms with Gasteiger partial charge in [-0.1, -0.05) is 30.3 Å². The molecule has 1 aliphatic rings. The van der Waals surface area contributed by atoms with E-state index < -0.39 is 12.2 Å². The van der Waals surface area contributed by atoms with Crippen molar-refractivity contribution in [1.82, 2.24) is 4.98 Å². The second-order valence-corrected chi connectivity index (χ2v) is 5.46. The van der Waals surface area contributed by atoms with Crippen LogP contribution >= 0.6 is 11.3 Å². The lowest BCUT2D eigenvalue weighted by Gasteiger charge is -2.36. The number of aromatic nitrogens is 1. The minimum Gasteiger partial charge on any atom is -0.369 e. The molecule has 114 valence electrons. The monoisotopic (exact) mass is 324 g/mol. The highest BCUT2D eigenvalue weighted by Crippen LogP contribution is 2.40. The summed E-state index contributed by atoms with van der Waals surface area (Å²) < 4.78 is 41.1. The zero-order chi connectivity index (χ0) is 15.7. The summed E-state index contributed by atoms with van der Waals surface area (Å²) in [5.74, 6) is -0.203. The second kappa shape index (κ2) is 5.45. The molecule has 8 heteroatoms. The Labute approximate surface area is 128 Å². The van der Waals surface area contributed by atoms with Gasteiger partial charge >= 0.3 is 6.18 Å². The molecule has 0 aliphatic carbocycles. The van der Waals surface area contributed by atoms with Gasteiger partial charge < -0.3 is 5.73 Å². The Hall–Kier alpha value is -2.35. The van der Waals surface area contributed by atoms with E-state index in [4.69, 9.17) is 5.73 Å². The van der Waals surface area contributed by atoms with Gasteiger partial charge in [-0.3, -0.25) is 9.88 Å². The first kappa shape index (κ1) is 14.6. The fourth-order valence-corrected chi connectivity index (χ4v) is 2.96. The SMILES string of the molecule is NC1=NC=C(c2ccccc2)C(C(F)(F)F)N1c1cncs1. The molecule has 0 saturated carbocycles. The Bertz CT molecular complexity index is 707. The topological polar surface area (TPSA) is 54.5 Å². The van der Waals surface area contributed by atoms with Crippen LogP contribution in [0.4, 0.5) is 18.2 Å². The largest absolute Gasteiger partial charge is 0.413 e. The normalized spacial score (nSPS) is 18.9. The molecule has 4 nitrogen and oxygen atoms in total. The molecule has 0 spiro atoms. The standard InChI is InChI=1S/C14H11F3N4S/c15-14(16,17)12-10(9-4-2-1-3-5-9)6-20-13(18)21(12)11-7-19-8-22-11/h1-8,12H,(H2,18,20). The summed E-state index contributed by atoms with van der Waals surface area (Å²) in [5.41, 5.74) is 7.67. The minimum absolute atomic E-state index is 0.0516. The quantitative estimate of drug-likeness (QED) is 0.922. The molecule has 3 rings (SSSR count). The first-order valence-corrected chi connectivity index (χ1v) is 7.19. The smallest absolute Gasteiger partial charge is 0.369 e. The number of nitrogens with two attached hydrogens (primary N) is 1.